The second-order valence-electron chi connectivity index (χ2n) is 7.60. The lowest BCUT2D eigenvalue weighted by Crippen LogP contribution is -2.77. The molecule has 1 saturated carbocycles. The van der Waals surface area contributed by atoms with Gasteiger partial charge in [-0.3, -0.25) is 14.4 Å². The number of halogens is 3. The molecule has 0 bridgehead atoms. The van der Waals surface area contributed by atoms with E-state index in [-0.39, 0.29) is 49.1 Å². The Morgan fingerprint density at radius 2 is 1.93 bits per heavy atom. The van der Waals surface area contributed by atoms with Crippen LogP contribution in [0.25, 0.3) is 0 Å². The molecule has 1 aliphatic heterocycles. The van der Waals surface area contributed by atoms with Crippen LogP contribution in [0.1, 0.15) is 37.3 Å². The van der Waals surface area contributed by atoms with Crippen LogP contribution in [-0.2, 0) is 27.1 Å². The molecule has 1 heterocycles. The zero-order valence-electron chi connectivity index (χ0n) is 16.3. The van der Waals surface area contributed by atoms with E-state index in [1.54, 1.807) is 0 Å². The maximum absolute atomic E-state index is 12.9. The summed E-state index contributed by atoms with van der Waals surface area (Å²) in [6.45, 7) is 1.80. The number of carbonyl (C=O) groups excluding carboxylic acids is 3. The lowest BCUT2D eigenvalue weighted by Gasteiger charge is -2.59. The predicted molar refractivity (Wildman–Crippen MR) is 98.3 cm³/mol. The van der Waals surface area contributed by atoms with Crippen LogP contribution >= 0.6 is 0 Å². The number of nitrogens with zero attached hydrogens (tertiary/aromatic N) is 1. The van der Waals surface area contributed by atoms with Crippen molar-refractivity contribution in [2.45, 2.75) is 44.4 Å². The van der Waals surface area contributed by atoms with Gasteiger partial charge in [0, 0.05) is 25.4 Å². The van der Waals surface area contributed by atoms with Gasteiger partial charge in [0.2, 0.25) is 17.7 Å². The number of alkyl halides is 3. The summed E-state index contributed by atoms with van der Waals surface area (Å²) in [5, 5.41) is 5.23. The summed E-state index contributed by atoms with van der Waals surface area (Å²) in [4.78, 5) is 39.3. The number of piperazine rings is 1. The van der Waals surface area contributed by atoms with E-state index in [1.807, 2.05) is 6.92 Å². The van der Waals surface area contributed by atoms with Gasteiger partial charge in [-0.2, -0.15) is 13.2 Å². The van der Waals surface area contributed by atoms with E-state index in [2.05, 4.69) is 10.6 Å². The third-order valence-electron chi connectivity index (χ3n) is 6.01. The highest BCUT2D eigenvalue weighted by Gasteiger charge is 2.65. The molecular formula is C20H24F3N3O3. The average Bonchev–Trinajstić information content (AvgIpc) is 2.67. The smallest absolute Gasteiger partial charge is 0.359 e. The molecule has 2 aliphatic rings. The maximum atomic E-state index is 12.9. The maximum Gasteiger partial charge on any atom is 0.416 e. The van der Waals surface area contributed by atoms with Crippen LogP contribution in [-0.4, -0.2) is 41.8 Å². The SMILES string of the molecule is CCCC1C(C(=O)NC)CC12C(=O)NCC(=O)N2Cc1ccc(C(F)(F)F)cc1. The first-order valence-corrected chi connectivity index (χ1v) is 9.61. The first-order chi connectivity index (χ1) is 13.6. The normalized spacial score (nSPS) is 26.9. The minimum absolute atomic E-state index is 0.0189. The van der Waals surface area contributed by atoms with Gasteiger partial charge >= 0.3 is 6.18 Å². The van der Waals surface area contributed by atoms with Crippen LogP contribution in [0, 0.1) is 11.8 Å². The molecule has 2 N–H and O–H groups in total. The Morgan fingerprint density at radius 3 is 2.48 bits per heavy atom. The molecule has 1 saturated heterocycles. The van der Waals surface area contributed by atoms with Crippen LogP contribution in [0.2, 0.25) is 0 Å². The summed E-state index contributed by atoms with van der Waals surface area (Å²) >= 11 is 0. The molecule has 3 atom stereocenters. The molecule has 9 heteroatoms. The van der Waals surface area contributed by atoms with Crippen molar-refractivity contribution in [1.29, 1.82) is 0 Å². The van der Waals surface area contributed by atoms with Gasteiger partial charge in [-0.25, -0.2) is 0 Å². The van der Waals surface area contributed by atoms with Crippen molar-refractivity contribution in [3.63, 3.8) is 0 Å². The molecule has 0 aromatic heterocycles. The zero-order valence-corrected chi connectivity index (χ0v) is 16.3. The van der Waals surface area contributed by atoms with Crippen molar-refractivity contribution in [1.82, 2.24) is 15.5 Å². The van der Waals surface area contributed by atoms with E-state index in [1.165, 1.54) is 24.1 Å². The topological polar surface area (TPSA) is 78.5 Å². The second-order valence-corrected chi connectivity index (χ2v) is 7.60. The highest BCUT2D eigenvalue weighted by atomic mass is 19.4. The van der Waals surface area contributed by atoms with Gasteiger partial charge in [0.25, 0.3) is 0 Å². The van der Waals surface area contributed by atoms with Gasteiger partial charge < -0.3 is 15.5 Å². The average molecular weight is 411 g/mol. The Labute approximate surface area is 166 Å². The molecule has 3 rings (SSSR count). The van der Waals surface area contributed by atoms with Crippen molar-refractivity contribution >= 4 is 17.7 Å². The van der Waals surface area contributed by atoms with Crippen molar-refractivity contribution in [3.05, 3.63) is 35.4 Å². The van der Waals surface area contributed by atoms with Gasteiger partial charge in [-0.05, 0) is 30.5 Å². The molecule has 1 aliphatic carbocycles. The highest BCUT2D eigenvalue weighted by molar-refractivity contribution is 6.00. The van der Waals surface area contributed by atoms with Gasteiger partial charge in [0.1, 0.15) is 5.54 Å². The molecular weight excluding hydrogens is 387 g/mol. The molecule has 2 fully saturated rings. The number of hydrogen-bond acceptors (Lipinski definition) is 3. The van der Waals surface area contributed by atoms with E-state index in [4.69, 9.17) is 0 Å². The predicted octanol–water partition coefficient (Wildman–Crippen LogP) is 2.08. The fourth-order valence-corrected chi connectivity index (χ4v) is 4.54. The third-order valence-corrected chi connectivity index (χ3v) is 6.01. The van der Waals surface area contributed by atoms with E-state index in [0.717, 1.165) is 18.6 Å². The number of hydrogen-bond donors (Lipinski definition) is 2. The van der Waals surface area contributed by atoms with Gasteiger partial charge in [0.05, 0.1) is 12.1 Å². The molecule has 0 radical (unpaired) electrons. The lowest BCUT2D eigenvalue weighted by atomic mass is 9.55. The zero-order chi connectivity index (χ0) is 21.4. The molecule has 6 nitrogen and oxygen atoms in total. The van der Waals surface area contributed by atoms with Crippen LogP contribution < -0.4 is 10.6 Å². The number of nitrogens with one attached hydrogen (secondary N) is 2. The molecule has 1 spiro atoms. The van der Waals surface area contributed by atoms with Crippen molar-refractivity contribution in [3.8, 4) is 0 Å². The quantitative estimate of drug-likeness (QED) is 0.779. The largest absolute Gasteiger partial charge is 0.416 e. The van der Waals surface area contributed by atoms with Crippen LogP contribution in [0.4, 0.5) is 13.2 Å². The number of benzene rings is 1. The summed E-state index contributed by atoms with van der Waals surface area (Å²) < 4.78 is 38.4. The standard InChI is InChI=1S/C20H24F3N3O3/c1-3-4-15-14(17(28)24-2)9-19(15)18(29)25-10-16(27)26(19)11-12-5-7-13(8-6-12)20(21,22)23/h5-8,14-15H,3-4,9-11H2,1-2H3,(H,24,28)(H,25,29). The Kier molecular flexibility index (Phi) is 5.60. The fourth-order valence-electron chi connectivity index (χ4n) is 4.54. The minimum atomic E-state index is -4.44. The van der Waals surface area contributed by atoms with Crippen molar-refractivity contribution < 1.29 is 27.6 Å². The van der Waals surface area contributed by atoms with Gasteiger partial charge in [0.15, 0.2) is 0 Å². The molecule has 3 unspecified atom stereocenters. The molecule has 29 heavy (non-hydrogen) atoms. The van der Waals surface area contributed by atoms with Gasteiger partial charge in [-0.15, -0.1) is 0 Å². The monoisotopic (exact) mass is 411 g/mol. The van der Waals surface area contributed by atoms with Crippen molar-refractivity contribution in [2.24, 2.45) is 11.8 Å². The fraction of sp³-hybridized carbons (Fsp3) is 0.550. The molecule has 3 amide bonds. The first-order valence-electron chi connectivity index (χ1n) is 9.61. The summed E-state index contributed by atoms with van der Waals surface area (Å²) in [6.07, 6.45) is -2.92. The Balaban J connectivity index is 1.91. The van der Waals surface area contributed by atoms with E-state index >= 15 is 0 Å². The second kappa shape index (κ2) is 7.68. The number of rotatable bonds is 5. The number of amides is 3. The highest BCUT2D eigenvalue weighted by Crippen LogP contribution is 2.52. The first kappa shape index (κ1) is 21.1. The molecule has 158 valence electrons. The van der Waals surface area contributed by atoms with Crippen LogP contribution in [0.5, 0.6) is 0 Å². The van der Waals surface area contributed by atoms with E-state index in [0.29, 0.717) is 12.0 Å². The number of carbonyl (C=O) groups is 3. The third kappa shape index (κ3) is 3.58. The van der Waals surface area contributed by atoms with E-state index < -0.39 is 17.3 Å². The molecule has 1 aromatic carbocycles. The Bertz CT molecular complexity index is 809. The Hall–Kier alpha value is -2.58. The summed E-state index contributed by atoms with van der Waals surface area (Å²) in [5.74, 6) is -1.50. The van der Waals surface area contributed by atoms with Crippen LogP contribution in [0.15, 0.2) is 24.3 Å². The Morgan fingerprint density at radius 1 is 1.28 bits per heavy atom. The van der Waals surface area contributed by atoms with Crippen molar-refractivity contribution in [2.75, 3.05) is 13.6 Å². The molecule has 1 aromatic rings. The summed E-state index contributed by atoms with van der Waals surface area (Å²) in [7, 11) is 1.53. The lowest BCUT2D eigenvalue weighted by molar-refractivity contribution is -0.180. The summed E-state index contributed by atoms with van der Waals surface area (Å²) in [6, 6.07) is 4.57. The van der Waals surface area contributed by atoms with E-state index in [9.17, 15) is 27.6 Å². The van der Waals surface area contributed by atoms with Gasteiger partial charge in [-0.1, -0.05) is 25.5 Å². The summed E-state index contributed by atoms with van der Waals surface area (Å²) in [5.41, 5.74) is -1.42. The minimum Gasteiger partial charge on any atom is -0.359 e. The van der Waals surface area contributed by atoms with Crippen LogP contribution in [0.3, 0.4) is 0 Å².